The lowest BCUT2D eigenvalue weighted by Crippen LogP contribution is -2.31. The van der Waals surface area contributed by atoms with Crippen LogP contribution in [0.4, 0.5) is 0 Å². The van der Waals surface area contributed by atoms with E-state index in [0.29, 0.717) is 31.5 Å². The van der Waals surface area contributed by atoms with E-state index in [1.54, 1.807) is 10.6 Å². The SMILES string of the molecule is O=C(CCCn1c(=O)oc2ccccc21)NC[C@@H]1CCCO1. The molecule has 118 valence electrons. The van der Waals surface area contributed by atoms with E-state index in [-0.39, 0.29) is 17.8 Å². The number of nitrogens with one attached hydrogen (secondary N) is 1. The molecule has 3 rings (SSSR count). The largest absolute Gasteiger partial charge is 0.419 e. The number of benzene rings is 1. The van der Waals surface area contributed by atoms with Crippen LogP contribution in [-0.2, 0) is 16.1 Å². The summed E-state index contributed by atoms with van der Waals surface area (Å²) in [5.74, 6) is -0.377. The molecule has 1 aliphatic rings. The third kappa shape index (κ3) is 3.39. The van der Waals surface area contributed by atoms with Gasteiger partial charge in [0.1, 0.15) is 0 Å². The molecule has 1 aromatic heterocycles. The predicted octanol–water partition coefficient (Wildman–Crippen LogP) is 1.67. The molecule has 2 heterocycles. The first kappa shape index (κ1) is 14.8. The molecule has 0 saturated carbocycles. The van der Waals surface area contributed by atoms with Crippen LogP contribution in [0.1, 0.15) is 25.7 Å². The Kier molecular flexibility index (Phi) is 4.58. The highest BCUT2D eigenvalue weighted by Gasteiger charge is 2.16. The van der Waals surface area contributed by atoms with Crippen LogP contribution < -0.4 is 11.1 Å². The van der Waals surface area contributed by atoms with Crippen molar-refractivity contribution in [2.75, 3.05) is 13.2 Å². The summed E-state index contributed by atoms with van der Waals surface area (Å²) in [4.78, 5) is 23.6. The number of carbonyl (C=O) groups is 1. The Bertz CT molecular complexity index is 697. The lowest BCUT2D eigenvalue weighted by Gasteiger charge is -2.10. The lowest BCUT2D eigenvalue weighted by molar-refractivity contribution is -0.121. The van der Waals surface area contributed by atoms with E-state index in [1.807, 2.05) is 18.2 Å². The minimum atomic E-state index is -0.374. The van der Waals surface area contributed by atoms with Gasteiger partial charge in [-0.2, -0.15) is 0 Å². The Morgan fingerprint density at radius 1 is 1.36 bits per heavy atom. The van der Waals surface area contributed by atoms with Gasteiger partial charge in [-0.15, -0.1) is 0 Å². The topological polar surface area (TPSA) is 73.5 Å². The molecule has 0 aliphatic carbocycles. The van der Waals surface area contributed by atoms with Gasteiger partial charge in [0.05, 0.1) is 11.6 Å². The van der Waals surface area contributed by atoms with Crippen LogP contribution in [0, 0.1) is 0 Å². The van der Waals surface area contributed by atoms with Crippen LogP contribution >= 0.6 is 0 Å². The van der Waals surface area contributed by atoms with Crippen LogP contribution in [0.3, 0.4) is 0 Å². The molecule has 1 fully saturated rings. The molecule has 0 unspecified atom stereocenters. The zero-order chi connectivity index (χ0) is 15.4. The highest BCUT2D eigenvalue weighted by atomic mass is 16.5. The number of oxazole rings is 1. The van der Waals surface area contributed by atoms with Crippen molar-refractivity contribution < 1.29 is 13.9 Å². The van der Waals surface area contributed by atoms with Gasteiger partial charge >= 0.3 is 5.76 Å². The Labute approximate surface area is 128 Å². The zero-order valence-electron chi connectivity index (χ0n) is 12.4. The molecule has 1 N–H and O–H groups in total. The van der Waals surface area contributed by atoms with Crippen molar-refractivity contribution in [3.8, 4) is 0 Å². The Hall–Kier alpha value is -2.08. The van der Waals surface area contributed by atoms with Crippen LogP contribution in [0.25, 0.3) is 11.1 Å². The number of amides is 1. The van der Waals surface area contributed by atoms with Gasteiger partial charge in [-0.3, -0.25) is 9.36 Å². The van der Waals surface area contributed by atoms with E-state index in [1.165, 1.54) is 0 Å². The Morgan fingerprint density at radius 3 is 3.05 bits per heavy atom. The maximum atomic E-state index is 11.8. The summed E-state index contributed by atoms with van der Waals surface area (Å²) in [6.45, 7) is 1.84. The number of hydrogen-bond acceptors (Lipinski definition) is 4. The highest BCUT2D eigenvalue weighted by molar-refractivity contribution is 5.76. The molecule has 1 saturated heterocycles. The van der Waals surface area contributed by atoms with E-state index >= 15 is 0 Å². The molecule has 1 aliphatic heterocycles. The first-order chi connectivity index (χ1) is 10.7. The van der Waals surface area contributed by atoms with Crippen molar-refractivity contribution in [1.82, 2.24) is 9.88 Å². The highest BCUT2D eigenvalue weighted by Crippen LogP contribution is 2.13. The van der Waals surface area contributed by atoms with E-state index < -0.39 is 0 Å². The summed E-state index contributed by atoms with van der Waals surface area (Å²) < 4.78 is 12.2. The van der Waals surface area contributed by atoms with E-state index in [9.17, 15) is 9.59 Å². The van der Waals surface area contributed by atoms with Gasteiger partial charge in [0, 0.05) is 26.1 Å². The quantitative estimate of drug-likeness (QED) is 0.881. The molecule has 1 amide bonds. The third-order valence-electron chi connectivity index (χ3n) is 3.91. The fourth-order valence-electron chi connectivity index (χ4n) is 2.74. The maximum absolute atomic E-state index is 11.8. The summed E-state index contributed by atoms with van der Waals surface area (Å²) in [7, 11) is 0. The summed E-state index contributed by atoms with van der Waals surface area (Å²) >= 11 is 0. The first-order valence-corrected chi connectivity index (χ1v) is 7.71. The monoisotopic (exact) mass is 304 g/mol. The number of ether oxygens (including phenoxy) is 1. The molecule has 1 atom stereocenters. The smallest absolute Gasteiger partial charge is 0.408 e. The van der Waals surface area contributed by atoms with Crippen molar-refractivity contribution in [3.63, 3.8) is 0 Å². The molecule has 6 nitrogen and oxygen atoms in total. The van der Waals surface area contributed by atoms with Gasteiger partial charge in [-0.05, 0) is 31.4 Å². The average molecular weight is 304 g/mol. The van der Waals surface area contributed by atoms with Crippen molar-refractivity contribution in [2.24, 2.45) is 0 Å². The molecule has 22 heavy (non-hydrogen) atoms. The normalized spacial score (nSPS) is 17.9. The Morgan fingerprint density at radius 2 is 2.23 bits per heavy atom. The number of aromatic nitrogens is 1. The zero-order valence-corrected chi connectivity index (χ0v) is 12.4. The fourth-order valence-corrected chi connectivity index (χ4v) is 2.74. The minimum Gasteiger partial charge on any atom is -0.408 e. The van der Waals surface area contributed by atoms with Crippen LogP contribution in [0.2, 0.25) is 0 Å². The van der Waals surface area contributed by atoms with E-state index in [4.69, 9.17) is 9.15 Å². The van der Waals surface area contributed by atoms with Gasteiger partial charge in [-0.1, -0.05) is 12.1 Å². The van der Waals surface area contributed by atoms with Crippen molar-refractivity contribution in [2.45, 2.75) is 38.3 Å². The second-order valence-electron chi connectivity index (χ2n) is 5.53. The molecular formula is C16H20N2O4. The number of para-hydroxylation sites is 2. The molecule has 0 radical (unpaired) electrons. The van der Waals surface area contributed by atoms with Crippen molar-refractivity contribution >= 4 is 17.0 Å². The number of aryl methyl sites for hydroxylation is 1. The van der Waals surface area contributed by atoms with Gasteiger partial charge in [0.25, 0.3) is 0 Å². The van der Waals surface area contributed by atoms with Gasteiger partial charge in [-0.25, -0.2) is 4.79 Å². The van der Waals surface area contributed by atoms with E-state index in [2.05, 4.69) is 5.32 Å². The molecule has 0 spiro atoms. The standard InChI is InChI=1S/C16H20N2O4/c19-15(17-11-12-5-4-10-21-12)8-3-9-18-13-6-1-2-7-14(13)22-16(18)20/h1-2,6-7,12H,3-5,8-11H2,(H,17,19)/t12-/m0/s1. The third-order valence-corrected chi connectivity index (χ3v) is 3.91. The first-order valence-electron chi connectivity index (χ1n) is 7.71. The maximum Gasteiger partial charge on any atom is 0.419 e. The number of carbonyl (C=O) groups excluding carboxylic acids is 1. The molecule has 1 aromatic carbocycles. The summed E-state index contributed by atoms with van der Waals surface area (Å²) in [5.41, 5.74) is 1.35. The van der Waals surface area contributed by atoms with Crippen LogP contribution in [0.15, 0.2) is 33.5 Å². The number of fused-ring (bicyclic) bond motifs is 1. The molecule has 2 aromatic rings. The second kappa shape index (κ2) is 6.79. The summed E-state index contributed by atoms with van der Waals surface area (Å²) in [6, 6.07) is 7.30. The second-order valence-corrected chi connectivity index (χ2v) is 5.53. The van der Waals surface area contributed by atoms with Gasteiger partial charge in [0.2, 0.25) is 5.91 Å². The van der Waals surface area contributed by atoms with E-state index in [0.717, 1.165) is 25.0 Å². The average Bonchev–Trinajstić information content (AvgIpc) is 3.13. The molecular weight excluding hydrogens is 284 g/mol. The van der Waals surface area contributed by atoms with Gasteiger partial charge < -0.3 is 14.5 Å². The van der Waals surface area contributed by atoms with Gasteiger partial charge in [0.15, 0.2) is 5.58 Å². The summed E-state index contributed by atoms with van der Waals surface area (Å²) in [6.07, 6.45) is 3.22. The molecule has 0 bridgehead atoms. The minimum absolute atomic E-state index is 0.00338. The van der Waals surface area contributed by atoms with Crippen molar-refractivity contribution in [3.05, 3.63) is 34.8 Å². The molecule has 6 heteroatoms. The number of rotatable bonds is 6. The number of nitrogens with zero attached hydrogens (tertiary/aromatic N) is 1. The summed E-state index contributed by atoms with van der Waals surface area (Å²) in [5, 5.41) is 2.88. The van der Waals surface area contributed by atoms with Crippen molar-refractivity contribution in [1.29, 1.82) is 0 Å². The number of hydrogen-bond donors (Lipinski definition) is 1. The lowest BCUT2D eigenvalue weighted by atomic mass is 10.2. The van der Waals surface area contributed by atoms with Crippen LogP contribution in [-0.4, -0.2) is 29.7 Å². The fraction of sp³-hybridized carbons (Fsp3) is 0.500. The Balaban J connectivity index is 1.48. The van der Waals surface area contributed by atoms with Crippen LogP contribution in [0.5, 0.6) is 0 Å². The predicted molar refractivity (Wildman–Crippen MR) is 81.7 cm³/mol.